The van der Waals surface area contributed by atoms with Crippen LogP contribution >= 0.6 is 0 Å². The number of hydrogen-bond donors (Lipinski definition) is 1. The minimum absolute atomic E-state index is 0.104. The van der Waals surface area contributed by atoms with Gasteiger partial charge in [-0.2, -0.15) is 5.10 Å². The number of aromatic nitrogens is 4. The van der Waals surface area contributed by atoms with Gasteiger partial charge in [-0.15, -0.1) is 0 Å². The molecule has 1 spiro atoms. The summed E-state index contributed by atoms with van der Waals surface area (Å²) in [6.45, 7) is 4.52. The summed E-state index contributed by atoms with van der Waals surface area (Å²) in [5.41, 5.74) is 0.918. The Labute approximate surface area is 104 Å². The Balaban J connectivity index is 1.78. The summed E-state index contributed by atoms with van der Waals surface area (Å²) in [6, 6.07) is 0. The van der Waals surface area contributed by atoms with Gasteiger partial charge in [0.2, 0.25) is 0 Å². The molecule has 94 valence electrons. The van der Waals surface area contributed by atoms with E-state index in [1.807, 2.05) is 6.92 Å². The Morgan fingerprint density at radius 2 is 2.28 bits per heavy atom. The van der Waals surface area contributed by atoms with Gasteiger partial charge < -0.3 is 9.64 Å². The third-order valence-corrected chi connectivity index (χ3v) is 3.76. The van der Waals surface area contributed by atoms with Gasteiger partial charge in [0.15, 0.2) is 5.65 Å². The number of ether oxygens (including phenoxy) is 1. The quantitative estimate of drug-likeness (QED) is 0.812. The number of rotatable bonds is 1. The summed E-state index contributed by atoms with van der Waals surface area (Å²) in [5, 5.41) is 7.98. The molecule has 0 unspecified atom stereocenters. The molecule has 6 nitrogen and oxygen atoms in total. The Morgan fingerprint density at radius 3 is 3.11 bits per heavy atom. The molecule has 1 saturated carbocycles. The molecule has 0 bridgehead atoms. The topological polar surface area (TPSA) is 66.9 Å². The highest BCUT2D eigenvalue weighted by atomic mass is 16.5. The number of hydrogen-bond acceptors (Lipinski definition) is 5. The summed E-state index contributed by atoms with van der Waals surface area (Å²) in [4.78, 5) is 11.3. The van der Waals surface area contributed by atoms with Crippen molar-refractivity contribution >= 4 is 16.9 Å². The molecule has 1 N–H and O–H groups in total. The molecule has 0 radical (unpaired) electrons. The van der Waals surface area contributed by atoms with Gasteiger partial charge in [0.05, 0.1) is 23.8 Å². The first kappa shape index (κ1) is 10.3. The van der Waals surface area contributed by atoms with Crippen molar-refractivity contribution in [2.24, 2.45) is 0 Å². The molecule has 4 rings (SSSR count). The van der Waals surface area contributed by atoms with Crippen molar-refractivity contribution in [1.29, 1.82) is 0 Å². The van der Waals surface area contributed by atoms with Gasteiger partial charge in [-0.1, -0.05) is 0 Å². The molecule has 0 atom stereocenters. The second-order valence-electron chi connectivity index (χ2n) is 5.18. The fraction of sp³-hybridized carbons (Fsp3) is 0.583. The Hall–Kier alpha value is -1.69. The fourth-order valence-electron chi connectivity index (χ4n) is 2.64. The number of nitrogens with zero attached hydrogens (tertiary/aromatic N) is 4. The van der Waals surface area contributed by atoms with E-state index >= 15 is 0 Å². The van der Waals surface area contributed by atoms with Gasteiger partial charge in [-0.3, -0.25) is 5.10 Å². The lowest BCUT2D eigenvalue weighted by molar-refractivity contribution is 0.0204. The van der Waals surface area contributed by atoms with Crippen LogP contribution in [0.5, 0.6) is 0 Å². The lowest BCUT2D eigenvalue weighted by Crippen LogP contribution is -2.44. The smallest absolute Gasteiger partial charge is 0.161 e. The first-order chi connectivity index (χ1) is 8.76. The van der Waals surface area contributed by atoms with Crippen LogP contribution in [-0.2, 0) is 4.74 Å². The van der Waals surface area contributed by atoms with E-state index in [4.69, 9.17) is 4.74 Å². The van der Waals surface area contributed by atoms with Crippen LogP contribution in [0.25, 0.3) is 11.0 Å². The predicted molar refractivity (Wildman–Crippen MR) is 66.6 cm³/mol. The Morgan fingerprint density at radius 1 is 1.39 bits per heavy atom. The number of nitrogens with one attached hydrogen (secondary N) is 1. The largest absolute Gasteiger partial charge is 0.371 e. The SMILES string of the molecule is Cc1nc(N2CCOC3(CC3)C2)c2cn[nH]c2n1. The zero-order valence-electron chi connectivity index (χ0n) is 10.3. The molecule has 2 aromatic rings. The molecule has 1 saturated heterocycles. The third-order valence-electron chi connectivity index (χ3n) is 3.76. The highest BCUT2D eigenvalue weighted by Gasteiger charge is 2.47. The monoisotopic (exact) mass is 245 g/mol. The third kappa shape index (κ3) is 1.49. The van der Waals surface area contributed by atoms with Crippen LogP contribution in [-0.4, -0.2) is 45.5 Å². The average molecular weight is 245 g/mol. The minimum Gasteiger partial charge on any atom is -0.371 e. The predicted octanol–water partition coefficient (Wildman–Crippen LogP) is 1.03. The molecule has 2 fully saturated rings. The second-order valence-corrected chi connectivity index (χ2v) is 5.18. The Bertz CT molecular complexity index is 604. The molecule has 6 heteroatoms. The second kappa shape index (κ2) is 3.41. The van der Waals surface area contributed by atoms with Crippen molar-refractivity contribution < 1.29 is 4.74 Å². The molecule has 0 amide bonds. The zero-order chi connectivity index (χ0) is 12.2. The van der Waals surface area contributed by atoms with E-state index in [1.165, 1.54) is 12.8 Å². The minimum atomic E-state index is 0.104. The molecule has 3 heterocycles. The Kier molecular flexibility index (Phi) is 1.94. The summed E-state index contributed by atoms with van der Waals surface area (Å²) in [5.74, 6) is 1.76. The maximum absolute atomic E-state index is 5.84. The molecular weight excluding hydrogens is 230 g/mol. The molecule has 0 aromatic carbocycles. The van der Waals surface area contributed by atoms with Crippen molar-refractivity contribution in [3.8, 4) is 0 Å². The first-order valence-electron chi connectivity index (χ1n) is 6.32. The van der Waals surface area contributed by atoms with Crippen LogP contribution in [0.15, 0.2) is 6.20 Å². The van der Waals surface area contributed by atoms with Gasteiger partial charge in [0.25, 0.3) is 0 Å². The standard InChI is InChI=1S/C12H15N5O/c1-8-14-10-9(6-13-16-10)11(15-8)17-4-5-18-12(7-17)2-3-12/h6H,2-5,7H2,1H3,(H,13,14,15,16). The van der Waals surface area contributed by atoms with Crippen molar-refractivity contribution in [3.05, 3.63) is 12.0 Å². The maximum atomic E-state index is 5.84. The average Bonchev–Trinajstić information content (AvgIpc) is 2.93. The lowest BCUT2D eigenvalue weighted by Gasteiger charge is -2.34. The summed E-state index contributed by atoms with van der Waals surface area (Å²) >= 11 is 0. The van der Waals surface area contributed by atoms with Gasteiger partial charge in [-0.25, -0.2) is 9.97 Å². The van der Waals surface area contributed by atoms with E-state index in [0.29, 0.717) is 0 Å². The van der Waals surface area contributed by atoms with E-state index in [9.17, 15) is 0 Å². The molecule has 2 aliphatic rings. The van der Waals surface area contributed by atoms with Gasteiger partial charge in [0.1, 0.15) is 11.6 Å². The van der Waals surface area contributed by atoms with Gasteiger partial charge in [0, 0.05) is 13.1 Å². The van der Waals surface area contributed by atoms with Crippen molar-refractivity contribution in [2.45, 2.75) is 25.4 Å². The van der Waals surface area contributed by atoms with Crippen molar-refractivity contribution in [1.82, 2.24) is 20.2 Å². The lowest BCUT2D eigenvalue weighted by atomic mass is 10.2. The summed E-state index contributed by atoms with van der Waals surface area (Å²) < 4.78 is 5.84. The number of fused-ring (bicyclic) bond motifs is 1. The van der Waals surface area contributed by atoms with Crippen LogP contribution < -0.4 is 4.90 Å². The van der Waals surface area contributed by atoms with Crippen molar-refractivity contribution in [3.63, 3.8) is 0 Å². The highest BCUT2D eigenvalue weighted by molar-refractivity contribution is 5.86. The zero-order valence-corrected chi connectivity index (χ0v) is 10.3. The van der Waals surface area contributed by atoms with E-state index in [1.54, 1.807) is 6.20 Å². The molecule has 1 aliphatic carbocycles. The summed E-state index contributed by atoms with van der Waals surface area (Å²) in [6.07, 6.45) is 4.14. The maximum Gasteiger partial charge on any atom is 0.161 e. The van der Waals surface area contributed by atoms with Gasteiger partial charge >= 0.3 is 0 Å². The van der Waals surface area contributed by atoms with Crippen LogP contribution in [0.1, 0.15) is 18.7 Å². The van der Waals surface area contributed by atoms with E-state index in [2.05, 4.69) is 25.1 Å². The van der Waals surface area contributed by atoms with E-state index < -0.39 is 0 Å². The van der Waals surface area contributed by atoms with Gasteiger partial charge in [-0.05, 0) is 19.8 Å². The number of morpholine rings is 1. The van der Waals surface area contributed by atoms with Crippen LogP contribution in [0, 0.1) is 6.92 Å². The number of aromatic amines is 1. The van der Waals surface area contributed by atoms with Crippen LogP contribution in [0.4, 0.5) is 5.82 Å². The normalized spacial score (nSPS) is 21.7. The molecule has 18 heavy (non-hydrogen) atoms. The van der Waals surface area contributed by atoms with Crippen LogP contribution in [0.2, 0.25) is 0 Å². The number of aryl methyl sites for hydroxylation is 1. The number of anilines is 1. The van der Waals surface area contributed by atoms with E-state index in [0.717, 1.165) is 42.4 Å². The molecule has 1 aliphatic heterocycles. The fourth-order valence-corrected chi connectivity index (χ4v) is 2.64. The van der Waals surface area contributed by atoms with Crippen molar-refractivity contribution in [2.75, 3.05) is 24.6 Å². The first-order valence-corrected chi connectivity index (χ1v) is 6.32. The summed E-state index contributed by atoms with van der Waals surface area (Å²) in [7, 11) is 0. The van der Waals surface area contributed by atoms with E-state index in [-0.39, 0.29) is 5.60 Å². The number of H-pyrrole nitrogens is 1. The van der Waals surface area contributed by atoms with Crippen LogP contribution in [0.3, 0.4) is 0 Å². The molecular formula is C12H15N5O. The molecule has 2 aromatic heterocycles. The highest BCUT2D eigenvalue weighted by Crippen LogP contribution is 2.43.